The van der Waals surface area contributed by atoms with Gasteiger partial charge in [-0.1, -0.05) is 36.4 Å². The number of morpholine rings is 1. The Labute approximate surface area is 142 Å². The largest absolute Gasteiger partial charge is 0.366 e. The average molecular weight is 325 g/mol. The van der Waals surface area contributed by atoms with Gasteiger partial charge in [-0.2, -0.15) is 0 Å². The van der Waals surface area contributed by atoms with E-state index in [2.05, 4.69) is 22.0 Å². The zero-order valence-corrected chi connectivity index (χ0v) is 14.0. The van der Waals surface area contributed by atoms with Gasteiger partial charge in [0.25, 0.3) is 5.91 Å². The van der Waals surface area contributed by atoms with Gasteiger partial charge in [0.1, 0.15) is 6.10 Å². The third kappa shape index (κ3) is 4.40. The van der Waals surface area contributed by atoms with E-state index >= 15 is 0 Å². The van der Waals surface area contributed by atoms with Gasteiger partial charge in [-0.15, -0.1) is 0 Å². The first-order valence-corrected chi connectivity index (χ1v) is 8.24. The maximum atomic E-state index is 12.7. The van der Waals surface area contributed by atoms with Crippen LogP contribution in [0.1, 0.15) is 11.1 Å². The molecule has 24 heavy (non-hydrogen) atoms. The molecule has 2 heterocycles. The molecule has 0 aliphatic carbocycles. The van der Waals surface area contributed by atoms with Crippen LogP contribution in [0.2, 0.25) is 0 Å². The number of nitrogens with zero attached hydrogens (tertiary/aromatic N) is 3. The number of ether oxygens (including phenoxy) is 1. The molecule has 1 atom stereocenters. The van der Waals surface area contributed by atoms with Crippen LogP contribution in [0.4, 0.5) is 0 Å². The average Bonchev–Trinajstić information content (AvgIpc) is 2.63. The Hall–Kier alpha value is -2.24. The van der Waals surface area contributed by atoms with E-state index in [-0.39, 0.29) is 5.91 Å². The minimum absolute atomic E-state index is 0.0246. The van der Waals surface area contributed by atoms with Crippen LogP contribution in [0.15, 0.2) is 54.9 Å². The second-order valence-electron chi connectivity index (χ2n) is 6.14. The summed E-state index contributed by atoms with van der Waals surface area (Å²) in [4.78, 5) is 20.7. The van der Waals surface area contributed by atoms with Crippen molar-refractivity contribution in [3.63, 3.8) is 0 Å². The van der Waals surface area contributed by atoms with Crippen molar-refractivity contribution >= 4 is 5.91 Å². The molecule has 1 saturated heterocycles. The van der Waals surface area contributed by atoms with Crippen LogP contribution in [-0.2, 0) is 22.6 Å². The normalized spacial score (nSPS) is 18.3. The Kier molecular flexibility index (Phi) is 5.56. The molecule has 1 unspecified atom stereocenters. The Morgan fingerprint density at radius 1 is 1.25 bits per heavy atom. The number of carbonyl (C=O) groups is 1. The summed E-state index contributed by atoms with van der Waals surface area (Å²) in [6, 6.07) is 14.2. The number of rotatable bonds is 5. The summed E-state index contributed by atoms with van der Waals surface area (Å²) in [6.45, 7) is 3.46. The van der Waals surface area contributed by atoms with E-state index in [1.165, 1.54) is 5.56 Å². The highest BCUT2D eigenvalue weighted by Crippen LogP contribution is 2.13. The molecule has 5 heteroatoms. The monoisotopic (exact) mass is 325 g/mol. The summed E-state index contributed by atoms with van der Waals surface area (Å²) in [7, 11) is 1.81. The van der Waals surface area contributed by atoms with E-state index in [1.807, 2.05) is 37.4 Å². The minimum atomic E-state index is -0.399. The number of aromatic nitrogens is 1. The highest BCUT2D eigenvalue weighted by molar-refractivity contribution is 5.81. The molecular weight excluding hydrogens is 302 g/mol. The molecule has 126 valence electrons. The number of pyridine rings is 1. The maximum absolute atomic E-state index is 12.7. The summed E-state index contributed by atoms with van der Waals surface area (Å²) < 4.78 is 5.72. The lowest BCUT2D eigenvalue weighted by molar-refractivity contribution is -0.148. The number of hydrogen-bond donors (Lipinski definition) is 0. The van der Waals surface area contributed by atoms with Gasteiger partial charge in [-0.05, 0) is 17.2 Å². The van der Waals surface area contributed by atoms with Crippen molar-refractivity contribution in [2.75, 3.05) is 26.7 Å². The number of hydrogen-bond acceptors (Lipinski definition) is 4. The third-order valence-electron chi connectivity index (χ3n) is 4.19. The number of likely N-dealkylation sites (N-methyl/N-ethyl adjacent to an activating group) is 1. The Bertz CT molecular complexity index is 648. The number of carbonyl (C=O) groups excluding carboxylic acids is 1. The lowest BCUT2D eigenvalue weighted by atomic mass is 10.1. The van der Waals surface area contributed by atoms with Gasteiger partial charge in [-0.3, -0.25) is 14.7 Å². The van der Waals surface area contributed by atoms with E-state index in [0.717, 1.165) is 18.7 Å². The van der Waals surface area contributed by atoms with E-state index in [1.54, 1.807) is 17.3 Å². The Morgan fingerprint density at radius 3 is 2.79 bits per heavy atom. The number of amides is 1. The van der Waals surface area contributed by atoms with E-state index in [9.17, 15) is 4.79 Å². The van der Waals surface area contributed by atoms with Crippen LogP contribution < -0.4 is 0 Å². The lowest BCUT2D eigenvalue weighted by Crippen LogP contribution is -2.49. The molecule has 3 rings (SSSR count). The summed E-state index contributed by atoms with van der Waals surface area (Å²) >= 11 is 0. The molecule has 1 amide bonds. The predicted molar refractivity (Wildman–Crippen MR) is 92.2 cm³/mol. The molecule has 0 spiro atoms. The summed E-state index contributed by atoms with van der Waals surface area (Å²) in [5.41, 5.74) is 2.28. The first-order valence-electron chi connectivity index (χ1n) is 8.24. The quantitative estimate of drug-likeness (QED) is 0.843. The van der Waals surface area contributed by atoms with Crippen molar-refractivity contribution in [3.8, 4) is 0 Å². The molecule has 2 aromatic rings. The molecule has 5 nitrogen and oxygen atoms in total. The first kappa shape index (κ1) is 16.6. The molecule has 1 aromatic heterocycles. The predicted octanol–water partition coefficient (Wildman–Crippen LogP) is 1.94. The van der Waals surface area contributed by atoms with Gasteiger partial charge in [0.2, 0.25) is 0 Å². The van der Waals surface area contributed by atoms with Crippen LogP contribution in [0.3, 0.4) is 0 Å². The molecule has 0 N–H and O–H groups in total. The van der Waals surface area contributed by atoms with Gasteiger partial charge < -0.3 is 9.64 Å². The van der Waals surface area contributed by atoms with Crippen molar-refractivity contribution in [2.24, 2.45) is 0 Å². The van der Waals surface area contributed by atoms with Crippen molar-refractivity contribution in [1.29, 1.82) is 0 Å². The van der Waals surface area contributed by atoms with Gasteiger partial charge >= 0.3 is 0 Å². The second kappa shape index (κ2) is 8.04. The molecule has 1 aliphatic rings. The molecular formula is C19H23N3O2. The van der Waals surface area contributed by atoms with Crippen LogP contribution in [-0.4, -0.2) is 53.5 Å². The van der Waals surface area contributed by atoms with Gasteiger partial charge in [0.05, 0.1) is 6.61 Å². The number of benzene rings is 1. The highest BCUT2D eigenvalue weighted by Gasteiger charge is 2.28. The lowest BCUT2D eigenvalue weighted by Gasteiger charge is -2.34. The fourth-order valence-corrected chi connectivity index (χ4v) is 2.93. The fraction of sp³-hybridized carbons (Fsp3) is 0.368. The van der Waals surface area contributed by atoms with Crippen molar-refractivity contribution in [3.05, 3.63) is 66.0 Å². The van der Waals surface area contributed by atoms with Crippen LogP contribution in [0.5, 0.6) is 0 Å². The SMILES string of the molecule is CN(Cc1cccnc1)C(=O)C1CN(Cc2ccccc2)CCO1. The van der Waals surface area contributed by atoms with Gasteiger partial charge in [-0.25, -0.2) is 0 Å². The van der Waals surface area contributed by atoms with Crippen LogP contribution in [0, 0.1) is 0 Å². The topological polar surface area (TPSA) is 45.7 Å². The zero-order valence-electron chi connectivity index (χ0n) is 14.0. The molecule has 1 fully saturated rings. The summed E-state index contributed by atoms with van der Waals surface area (Å²) in [5.74, 6) is 0.0246. The zero-order chi connectivity index (χ0) is 16.8. The standard InChI is InChI=1S/C19H23N3O2/c1-21(13-17-8-5-9-20-12-17)19(23)18-15-22(10-11-24-18)14-16-6-3-2-4-7-16/h2-9,12,18H,10-11,13-15H2,1H3. The second-order valence-corrected chi connectivity index (χ2v) is 6.14. The maximum Gasteiger partial charge on any atom is 0.253 e. The van der Waals surface area contributed by atoms with Crippen molar-refractivity contribution in [2.45, 2.75) is 19.2 Å². The van der Waals surface area contributed by atoms with Crippen molar-refractivity contribution in [1.82, 2.24) is 14.8 Å². The van der Waals surface area contributed by atoms with Crippen LogP contribution in [0.25, 0.3) is 0 Å². The molecule has 1 aliphatic heterocycles. The van der Waals surface area contributed by atoms with Gasteiger partial charge in [0, 0.05) is 45.6 Å². The van der Waals surface area contributed by atoms with Crippen molar-refractivity contribution < 1.29 is 9.53 Å². The van der Waals surface area contributed by atoms with E-state index < -0.39 is 6.10 Å². The van der Waals surface area contributed by atoms with Crippen LogP contribution >= 0.6 is 0 Å². The third-order valence-corrected chi connectivity index (χ3v) is 4.19. The summed E-state index contributed by atoms with van der Waals surface area (Å²) in [6.07, 6.45) is 3.12. The smallest absolute Gasteiger partial charge is 0.253 e. The molecule has 1 aromatic carbocycles. The highest BCUT2D eigenvalue weighted by atomic mass is 16.5. The van der Waals surface area contributed by atoms with E-state index in [4.69, 9.17) is 4.74 Å². The molecule has 0 saturated carbocycles. The van der Waals surface area contributed by atoms with E-state index in [0.29, 0.717) is 19.7 Å². The Morgan fingerprint density at radius 2 is 2.04 bits per heavy atom. The fourth-order valence-electron chi connectivity index (χ4n) is 2.93. The first-order chi connectivity index (χ1) is 11.7. The molecule has 0 radical (unpaired) electrons. The summed E-state index contributed by atoms with van der Waals surface area (Å²) in [5, 5.41) is 0. The minimum Gasteiger partial charge on any atom is -0.366 e. The molecule has 0 bridgehead atoms. The van der Waals surface area contributed by atoms with Gasteiger partial charge in [0.15, 0.2) is 0 Å². The Balaban J connectivity index is 1.56.